The maximum Gasteiger partial charge on any atom is 0.240 e. The summed E-state index contributed by atoms with van der Waals surface area (Å²) < 4.78 is 29.0. The summed E-state index contributed by atoms with van der Waals surface area (Å²) in [5.74, 6) is 0. The highest BCUT2D eigenvalue weighted by atomic mass is 79.9. The summed E-state index contributed by atoms with van der Waals surface area (Å²) in [6, 6.07) is 14.6. The summed E-state index contributed by atoms with van der Waals surface area (Å²) in [4.78, 5) is 4.30. The van der Waals surface area contributed by atoms with Crippen LogP contribution in [-0.4, -0.2) is 32.5 Å². The molecule has 0 saturated heterocycles. The fourth-order valence-electron chi connectivity index (χ4n) is 2.76. The van der Waals surface area contributed by atoms with Crippen molar-refractivity contribution < 1.29 is 8.42 Å². The van der Waals surface area contributed by atoms with Gasteiger partial charge in [-0.05, 0) is 48.2 Å². The standard InChI is InChI=1S/C21H22BrN3O2S.2ClH/c1-16(14-23-11-2-3-17-4-7-20(22)8-5-17)25-28(26,27)21-9-6-19-15-24-12-10-18(19)13-21;;/h2-10,12-13,15-16,23,25H,11,14H2,1H3;2*1H/b3-2+;;. The van der Waals surface area contributed by atoms with Gasteiger partial charge in [-0.1, -0.05) is 46.3 Å². The molecule has 1 heterocycles. The van der Waals surface area contributed by atoms with Gasteiger partial charge < -0.3 is 5.32 Å². The molecule has 0 aliphatic heterocycles. The fraction of sp³-hybridized carbons (Fsp3) is 0.190. The monoisotopic (exact) mass is 531 g/mol. The molecule has 1 unspecified atom stereocenters. The maximum atomic E-state index is 12.6. The minimum atomic E-state index is -3.57. The van der Waals surface area contributed by atoms with Crippen molar-refractivity contribution in [3.05, 3.63) is 77.0 Å². The van der Waals surface area contributed by atoms with Gasteiger partial charge in [-0.3, -0.25) is 4.98 Å². The number of sulfonamides is 1. The van der Waals surface area contributed by atoms with Gasteiger partial charge in [0, 0.05) is 41.4 Å². The first-order chi connectivity index (χ1) is 13.4. The summed E-state index contributed by atoms with van der Waals surface area (Å²) >= 11 is 3.41. The Kier molecular flexibility index (Phi) is 11.0. The number of nitrogens with one attached hydrogen (secondary N) is 2. The number of hydrogen-bond donors (Lipinski definition) is 2. The lowest BCUT2D eigenvalue weighted by atomic mass is 10.2. The normalized spacial score (nSPS) is 12.3. The van der Waals surface area contributed by atoms with Crippen LogP contribution >= 0.6 is 40.7 Å². The minimum Gasteiger partial charge on any atom is -0.312 e. The molecule has 0 amide bonds. The zero-order chi connectivity index (χ0) is 20.0. The van der Waals surface area contributed by atoms with E-state index in [1.54, 1.807) is 36.7 Å². The highest BCUT2D eigenvalue weighted by Gasteiger charge is 2.17. The Labute approximate surface area is 198 Å². The minimum absolute atomic E-state index is 0. The van der Waals surface area contributed by atoms with Crippen molar-refractivity contribution in [2.45, 2.75) is 17.9 Å². The highest BCUT2D eigenvalue weighted by Crippen LogP contribution is 2.18. The van der Waals surface area contributed by atoms with Gasteiger partial charge >= 0.3 is 0 Å². The third-order valence-corrected chi connectivity index (χ3v) is 6.29. The highest BCUT2D eigenvalue weighted by molar-refractivity contribution is 9.10. The Hall–Kier alpha value is -1.48. The molecule has 0 aliphatic carbocycles. The topological polar surface area (TPSA) is 71.1 Å². The molecule has 1 aromatic heterocycles. The lowest BCUT2D eigenvalue weighted by Crippen LogP contribution is -2.39. The molecule has 0 fully saturated rings. The van der Waals surface area contributed by atoms with Crippen molar-refractivity contribution in [3.63, 3.8) is 0 Å². The maximum absolute atomic E-state index is 12.6. The predicted molar refractivity (Wildman–Crippen MR) is 132 cm³/mol. The summed E-state index contributed by atoms with van der Waals surface area (Å²) in [5.41, 5.74) is 1.12. The third-order valence-electron chi connectivity index (χ3n) is 4.17. The zero-order valence-electron chi connectivity index (χ0n) is 16.3. The van der Waals surface area contributed by atoms with Crippen molar-refractivity contribution in [2.75, 3.05) is 13.1 Å². The molecular weight excluding hydrogens is 509 g/mol. The van der Waals surface area contributed by atoms with Crippen LogP contribution in [0.5, 0.6) is 0 Å². The van der Waals surface area contributed by atoms with Crippen molar-refractivity contribution in [1.82, 2.24) is 15.0 Å². The van der Waals surface area contributed by atoms with Crippen LogP contribution in [0.1, 0.15) is 12.5 Å². The van der Waals surface area contributed by atoms with Crippen molar-refractivity contribution in [1.29, 1.82) is 0 Å². The fourth-order valence-corrected chi connectivity index (χ4v) is 4.30. The van der Waals surface area contributed by atoms with Gasteiger partial charge in [-0.2, -0.15) is 0 Å². The molecule has 0 radical (unpaired) electrons. The molecule has 3 rings (SSSR count). The molecule has 1 atom stereocenters. The zero-order valence-corrected chi connectivity index (χ0v) is 20.3. The number of rotatable bonds is 8. The molecule has 30 heavy (non-hydrogen) atoms. The SMILES string of the molecule is CC(CNC/C=C/c1ccc(Br)cc1)NS(=O)(=O)c1ccc2cnccc2c1.Cl.Cl. The second kappa shape index (κ2) is 12.4. The number of aromatic nitrogens is 1. The molecule has 2 aromatic carbocycles. The second-order valence-electron chi connectivity index (χ2n) is 6.52. The molecule has 0 bridgehead atoms. The Morgan fingerprint density at radius 2 is 1.80 bits per heavy atom. The van der Waals surface area contributed by atoms with Crippen LogP contribution in [0.2, 0.25) is 0 Å². The second-order valence-corrected chi connectivity index (χ2v) is 9.15. The van der Waals surface area contributed by atoms with E-state index < -0.39 is 10.0 Å². The smallest absolute Gasteiger partial charge is 0.240 e. The van der Waals surface area contributed by atoms with Crippen LogP contribution in [-0.2, 0) is 10.0 Å². The van der Waals surface area contributed by atoms with Crippen molar-refractivity contribution in [3.8, 4) is 0 Å². The number of pyridine rings is 1. The average molecular weight is 533 g/mol. The largest absolute Gasteiger partial charge is 0.312 e. The first kappa shape index (κ1) is 26.6. The van der Waals surface area contributed by atoms with E-state index in [-0.39, 0.29) is 35.8 Å². The molecule has 9 heteroatoms. The van der Waals surface area contributed by atoms with E-state index >= 15 is 0 Å². The van der Waals surface area contributed by atoms with Crippen LogP contribution < -0.4 is 10.0 Å². The lowest BCUT2D eigenvalue weighted by Gasteiger charge is -2.15. The molecule has 0 aliphatic rings. The van der Waals surface area contributed by atoms with Crippen LogP contribution in [0.15, 0.2) is 76.4 Å². The average Bonchev–Trinajstić information content (AvgIpc) is 2.68. The van der Waals surface area contributed by atoms with E-state index in [0.717, 1.165) is 20.8 Å². The van der Waals surface area contributed by atoms with Crippen LogP contribution in [0.4, 0.5) is 0 Å². The summed E-state index contributed by atoms with van der Waals surface area (Å²) in [6.07, 6.45) is 7.41. The van der Waals surface area contributed by atoms with Crippen molar-refractivity contribution >= 4 is 67.6 Å². The summed E-state index contributed by atoms with van der Waals surface area (Å²) in [7, 11) is -3.57. The van der Waals surface area contributed by atoms with Gasteiger partial charge in [-0.15, -0.1) is 24.8 Å². The number of hydrogen-bond acceptors (Lipinski definition) is 4. The predicted octanol–water partition coefficient (Wildman–Crippen LogP) is 4.81. The Balaban J connectivity index is 0.00000225. The van der Waals surface area contributed by atoms with E-state index in [4.69, 9.17) is 0 Å². The van der Waals surface area contributed by atoms with Crippen LogP contribution in [0, 0.1) is 0 Å². The van der Waals surface area contributed by atoms with Crippen LogP contribution in [0.3, 0.4) is 0 Å². The first-order valence-electron chi connectivity index (χ1n) is 8.93. The number of fused-ring (bicyclic) bond motifs is 1. The number of halogens is 3. The molecule has 5 nitrogen and oxygen atoms in total. The molecule has 0 saturated carbocycles. The van der Waals surface area contributed by atoms with Gasteiger partial charge in [0.15, 0.2) is 0 Å². The number of nitrogens with zero attached hydrogens (tertiary/aromatic N) is 1. The molecule has 3 aromatic rings. The quantitative estimate of drug-likeness (QED) is 0.408. The van der Waals surface area contributed by atoms with Gasteiger partial charge in [0.05, 0.1) is 4.90 Å². The lowest BCUT2D eigenvalue weighted by molar-refractivity contribution is 0.545. The Morgan fingerprint density at radius 3 is 2.53 bits per heavy atom. The van der Waals surface area contributed by atoms with Gasteiger partial charge in [0.25, 0.3) is 0 Å². The van der Waals surface area contributed by atoms with Crippen LogP contribution in [0.25, 0.3) is 16.8 Å². The van der Waals surface area contributed by atoms with Gasteiger partial charge in [-0.25, -0.2) is 13.1 Å². The first-order valence-corrected chi connectivity index (χ1v) is 11.2. The van der Waals surface area contributed by atoms with E-state index in [0.29, 0.717) is 13.1 Å². The molecule has 2 N–H and O–H groups in total. The Bertz CT molecular complexity index is 1080. The van der Waals surface area contributed by atoms with E-state index in [2.05, 4.69) is 31.0 Å². The molecule has 0 spiro atoms. The van der Waals surface area contributed by atoms with E-state index in [1.165, 1.54) is 0 Å². The third kappa shape index (κ3) is 7.65. The van der Waals surface area contributed by atoms with Crippen molar-refractivity contribution in [2.24, 2.45) is 0 Å². The van der Waals surface area contributed by atoms with Gasteiger partial charge in [0.2, 0.25) is 10.0 Å². The Morgan fingerprint density at radius 1 is 1.07 bits per heavy atom. The number of benzene rings is 2. The summed E-state index contributed by atoms with van der Waals surface area (Å²) in [5, 5.41) is 5.00. The summed E-state index contributed by atoms with van der Waals surface area (Å²) in [6.45, 7) is 3.03. The molecular formula is C21H24BrCl2N3O2S. The van der Waals surface area contributed by atoms with E-state index in [9.17, 15) is 8.42 Å². The molecule has 162 valence electrons. The van der Waals surface area contributed by atoms with E-state index in [1.807, 2.05) is 43.3 Å². The van der Waals surface area contributed by atoms with Gasteiger partial charge in [0.1, 0.15) is 0 Å².